The molecular formula is C68H44N2S2. The number of rotatable bonds is 9. The Bertz CT molecular complexity index is 4120. The lowest BCUT2D eigenvalue weighted by atomic mass is 9.98. The summed E-state index contributed by atoms with van der Waals surface area (Å²) in [4.78, 5) is 2.38. The maximum atomic E-state index is 2.43. The van der Waals surface area contributed by atoms with Crippen LogP contribution in [0.1, 0.15) is 0 Å². The van der Waals surface area contributed by atoms with Crippen molar-refractivity contribution in [2.75, 3.05) is 4.90 Å². The van der Waals surface area contributed by atoms with Crippen molar-refractivity contribution in [1.29, 1.82) is 0 Å². The van der Waals surface area contributed by atoms with Crippen LogP contribution in [0.4, 0.5) is 17.1 Å². The van der Waals surface area contributed by atoms with E-state index in [2.05, 4.69) is 276 Å². The second kappa shape index (κ2) is 17.6. The summed E-state index contributed by atoms with van der Waals surface area (Å²) in [5, 5.41) is 6.49. The van der Waals surface area contributed by atoms with Crippen molar-refractivity contribution in [3.63, 3.8) is 0 Å². The van der Waals surface area contributed by atoms with Gasteiger partial charge in [-0.3, -0.25) is 0 Å². The smallest absolute Gasteiger partial charge is 0.0619 e. The predicted octanol–water partition coefficient (Wildman–Crippen LogP) is 20.2. The van der Waals surface area contributed by atoms with Crippen LogP contribution in [0.2, 0.25) is 0 Å². The van der Waals surface area contributed by atoms with Crippen molar-refractivity contribution in [3.8, 4) is 61.5 Å². The molecule has 0 spiro atoms. The van der Waals surface area contributed by atoms with Gasteiger partial charge in [0.05, 0.1) is 11.2 Å². The number of benzene rings is 11. The van der Waals surface area contributed by atoms with Crippen LogP contribution in [-0.2, 0) is 0 Å². The molecule has 0 N–H and O–H groups in total. The first-order valence-corrected chi connectivity index (χ1v) is 26.1. The van der Waals surface area contributed by atoms with Crippen LogP contribution in [0, 0.1) is 0 Å². The maximum Gasteiger partial charge on any atom is 0.0619 e. The third-order valence-corrected chi connectivity index (χ3v) is 16.7. The van der Waals surface area contributed by atoms with E-state index >= 15 is 0 Å². The summed E-state index contributed by atoms with van der Waals surface area (Å²) in [6.07, 6.45) is 0. The topological polar surface area (TPSA) is 8.17 Å². The first-order chi connectivity index (χ1) is 35.7. The van der Waals surface area contributed by atoms with Gasteiger partial charge in [-0.2, -0.15) is 0 Å². The molecule has 0 atom stereocenters. The quantitative estimate of drug-likeness (QED) is 0.140. The van der Waals surface area contributed by atoms with Crippen molar-refractivity contribution in [2.45, 2.75) is 0 Å². The van der Waals surface area contributed by atoms with Gasteiger partial charge < -0.3 is 9.47 Å². The van der Waals surface area contributed by atoms with Gasteiger partial charge >= 0.3 is 0 Å². The van der Waals surface area contributed by atoms with E-state index in [0.29, 0.717) is 0 Å². The second-order valence-electron chi connectivity index (χ2n) is 18.4. The summed E-state index contributed by atoms with van der Waals surface area (Å²) in [6.45, 7) is 0. The maximum absolute atomic E-state index is 2.43. The summed E-state index contributed by atoms with van der Waals surface area (Å²) in [7, 11) is 0. The van der Waals surface area contributed by atoms with Crippen LogP contribution in [0.3, 0.4) is 0 Å². The molecule has 72 heavy (non-hydrogen) atoms. The number of para-hydroxylation sites is 1. The predicted molar refractivity (Wildman–Crippen MR) is 311 cm³/mol. The van der Waals surface area contributed by atoms with E-state index in [0.717, 1.165) is 33.9 Å². The lowest BCUT2D eigenvalue weighted by Crippen LogP contribution is -2.09. The summed E-state index contributed by atoms with van der Waals surface area (Å²) < 4.78 is 7.72. The highest BCUT2D eigenvalue weighted by Crippen LogP contribution is 2.46. The van der Waals surface area contributed by atoms with Gasteiger partial charge in [0.1, 0.15) is 0 Å². The minimum Gasteiger partial charge on any atom is -0.311 e. The molecule has 14 aromatic rings. The van der Waals surface area contributed by atoms with Crippen molar-refractivity contribution < 1.29 is 0 Å². The zero-order chi connectivity index (χ0) is 47.5. The zero-order valence-corrected chi connectivity index (χ0v) is 40.7. The summed E-state index contributed by atoms with van der Waals surface area (Å²) in [5.41, 5.74) is 17.7. The minimum absolute atomic E-state index is 1.09. The fraction of sp³-hybridized carbons (Fsp3) is 0. The SMILES string of the molecule is c1ccc(-c2c(-c3ccccc3)n(-c3ccc(-c4ccc(N(c5ccc(-c6cccc7c6sc6ccccc67)cc5)c5ccc(-c6cccc7c6sc6ccccc67)cc5)cc4)cc3)c3ccccc23)cc1. The van der Waals surface area contributed by atoms with E-state index in [-0.39, 0.29) is 0 Å². The molecule has 0 aliphatic rings. The van der Waals surface area contributed by atoms with Crippen LogP contribution in [-0.4, -0.2) is 4.57 Å². The molecule has 0 saturated heterocycles. The highest BCUT2D eigenvalue weighted by molar-refractivity contribution is 7.26. The number of fused-ring (bicyclic) bond motifs is 7. The molecule has 0 unspecified atom stereocenters. The summed E-state index contributed by atoms with van der Waals surface area (Å²) in [5.74, 6) is 0. The molecule has 0 amide bonds. The zero-order valence-electron chi connectivity index (χ0n) is 39.1. The molecular weight excluding hydrogens is 909 g/mol. The highest BCUT2D eigenvalue weighted by Gasteiger charge is 2.22. The molecule has 0 aliphatic heterocycles. The van der Waals surface area contributed by atoms with Gasteiger partial charge in [-0.25, -0.2) is 0 Å². The van der Waals surface area contributed by atoms with E-state index in [1.807, 2.05) is 22.7 Å². The van der Waals surface area contributed by atoms with E-state index < -0.39 is 0 Å². The molecule has 0 fully saturated rings. The molecule has 0 aliphatic carbocycles. The molecule has 11 aromatic carbocycles. The largest absolute Gasteiger partial charge is 0.311 e. The third kappa shape index (κ3) is 7.14. The normalized spacial score (nSPS) is 11.6. The van der Waals surface area contributed by atoms with Gasteiger partial charge in [-0.05, 0) is 111 Å². The molecule has 3 heterocycles. The van der Waals surface area contributed by atoms with E-state index in [4.69, 9.17) is 0 Å². The van der Waals surface area contributed by atoms with Gasteiger partial charge in [-0.1, -0.05) is 200 Å². The molecule has 2 nitrogen and oxygen atoms in total. The summed E-state index contributed by atoms with van der Waals surface area (Å²) >= 11 is 3.75. The number of nitrogens with zero attached hydrogens (tertiary/aromatic N) is 2. The van der Waals surface area contributed by atoms with Crippen LogP contribution in [0.5, 0.6) is 0 Å². The highest BCUT2D eigenvalue weighted by atomic mass is 32.1. The molecule has 0 bridgehead atoms. The number of anilines is 3. The fourth-order valence-electron chi connectivity index (χ4n) is 10.9. The lowest BCUT2D eigenvalue weighted by Gasteiger charge is -2.26. The van der Waals surface area contributed by atoms with Gasteiger partial charge in [0, 0.05) is 74.0 Å². The Labute approximate surface area is 426 Å². The fourth-order valence-corrected chi connectivity index (χ4v) is 13.3. The van der Waals surface area contributed by atoms with Gasteiger partial charge in [0.15, 0.2) is 0 Å². The minimum atomic E-state index is 1.09. The van der Waals surface area contributed by atoms with Crippen molar-refractivity contribution in [2.24, 2.45) is 0 Å². The number of aromatic nitrogens is 1. The van der Waals surface area contributed by atoms with E-state index in [1.165, 1.54) is 95.9 Å². The second-order valence-corrected chi connectivity index (χ2v) is 20.5. The standard InChI is InChI=1S/C68H44N2S2/c1-3-15-49(16-4-1)65-61-21-7-10-26-62(61)70(66(65)50-17-5-2-6-18-50)54-39-31-46(32-40-54)45-29-37-51(38-30-45)69(52-41-33-47(34-42-52)55-22-13-24-59-57-19-8-11-27-63(57)71-67(55)59)53-43-35-48(36-44-53)56-23-14-25-60-58-20-9-12-28-64(58)72-68(56)60/h1-44H. The van der Waals surface area contributed by atoms with Crippen LogP contribution < -0.4 is 4.90 Å². The lowest BCUT2D eigenvalue weighted by molar-refractivity contribution is 1.14. The molecule has 14 rings (SSSR count). The van der Waals surface area contributed by atoms with E-state index in [9.17, 15) is 0 Å². The Morgan fingerprint density at radius 2 is 0.681 bits per heavy atom. The molecule has 0 saturated carbocycles. The van der Waals surface area contributed by atoms with Crippen LogP contribution >= 0.6 is 22.7 Å². The van der Waals surface area contributed by atoms with Crippen molar-refractivity contribution in [3.05, 3.63) is 267 Å². The Morgan fingerprint density at radius 3 is 1.19 bits per heavy atom. The van der Waals surface area contributed by atoms with Crippen LogP contribution in [0.15, 0.2) is 267 Å². The van der Waals surface area contributed by atoms with Gasteiger partial charge in [0.25, 0.3) is 0 Å². The molecule has 338 valence electrons. The number of thiophene rings is 2. The monoisotopic (exact) mass is 952 g/mol. The summed E-state index contributed by atoms with van der Waals surface area (Å²) in [6, 6.07) is 97.6. The number of hydrogen-bond donors (Lipinski definition) is 0. The van der Waals surface area contributed by atoms with E-state index in [1.54, 1.807) is 0 Å². The molecule has 4 heteroatoms. The first kappa shape index (κ1) is 42.1. The average molecular weight is 953 g/mol. The Balaban J connectivity index is 0.837. The van der Waals surface area contributed by atoms with Crippen LogP contribution in [0.25, 0.3) is 113 Å². The van der Waals surface area contributed by atoms with Gasteiger partial charge in [0.2, 0.25) is 0 Å². The Kier molecular flexibility index (Phi) is 10.3. The average Bonchev–Trinajstić information content (AvgIpc) is 4.15. The molecule has 0 radical (unpaired) electrons. The Hall–Kier alpha value is -8.80. The number of hydrogen-bond acceptors (Lipinski definition) is 3. The van der Waals surface area contributed by atoms with Gasteiger partial charge in [-0.15, -0.1) is 22.7 Å². The van der Waals surface area contributed by atoms with Crippen molar-refractivity contribution in [1.82, 2.24) is 4.57 Å². The first-order valence-electron chi connectivity index (χ1n) is 24.5. The molecule has 3 aromatic heterocycles. The van der Waals surface area contributed by atoms with Crippen molar-refractivity contribution >= 4 is 91.0 Å². The Morgan fingerprint density at radius 1 is 0.278 bits per heavy atom. The third-order valence-electron chi connectivity index (χ3n) is 14.3.